The Hall–Kier alpha value is -2.17. The van der Waals surface area contributed by atoms with Gasteiger partial charge in [-0.15, -0.1) is 0 Å². The SMILES string of the molecule is NC(=O)CN1C(=O)C2(CCC(=O)CC2)c2ccccc21. The summed E-state index contributed by atoms with van der Waals surface area (Å²) in [6, 6.07) is 7.48. The number of anilines is 1. The van der Waals surface area contributed by atoms with Gasteiger partial charge in [-0.1, -0.05) is 18.2 Å². The zero-order valence-electron chi connectivity index (χ0n) is 11.1. The van der Waals surface area contributed by atoms with E-state index in [0.717, 1.165) is 11.3 Å². The first-order valence-corrected chi connectivity index (χ1v) is 6.76. The Morgan fingerprint density at radius 3 is 2.50 bits per heavy atom. The second kappa shape index (κ2) is 4.44. The van der Waals surface area contributed by atoms with Gasteiger partial charge in [-0.25, -0.2) is 0 Å². The van der Waals surface area contributed by atoms with Gasteiger partial charge in [0.1, 0.15) is 12.3 Å². The molecule has 20 heavy (non-hydrogen) atoms. The van der Waals surface area contributed by atoms with Crippen LogP contribution >= 0.6 is 0 Å². The van der Waals surface area contributed by atoms with Gasteiger partial charge in [0.25, 0.3) is 0 Å². The molecular weight excluding hydrogens is 256 g/mol. The van der Waals surface area contributed by atoms with Crippen molar-refractivity contribution in [3.8, 4) is 0 Å². The molecule has 1 saturated carbocycles. The molecule has 3 rings (SSSR count). The van der Waals surface area contributed by atoms with E-state index in [-0.39, 0.29) is 18.2 Å². The zero-order valence-corrected chi connectivity index (χ0v) is 11.1. The van der Waals surface area contributed by atoms with Crippen molar-refractivity contribution in [2.24, 2.45) is 5.73 Å². The lowest BCUT2D eigenvalue weighted by molar-refractivity contribution is -0.129. The molecule has 2 aliphatic rings. The maximum absolute atomic E-state index is 12.8. The number of benzene rings is 1. The molecule has 1 fully saturated rings. The highest BCUT2D eigenvalue weighted by molar-refractivity contribution is 6.11. The van der Waals surface area contributed by atoms with Crippen LogP contribution < -0.4 is 10.6 Å². The Balaban J connectivity index is 2.07. The molecule has 1 aliphatic heterocycles. The molecule has 1 heterocycles. The summed E-state index contributed by atoms with van der Waals surface area (Å²) in [5.74, 6) is -0.420. The van der Waals surface area contributed by atoms with Gasteiger partial charge in [-0.2, -0.15) is 0 Å². The molecule has 1 aliphatic carbocycles. The summed E-state index contributed by atoms with van der Waals surface area (Å²) < 4.78 is 0. The smallest absolute Gasteiger partial charge is 0.238 e. The number of carbonyl (C=O) groups excluding carboxylic acids is 3. The van der Waals surface area contributed by atoms with Crippen LogP contribution in [0.2, 0.25) is 0 Å². The lowest BCUT2D eigenvalue weighted by Gasteiger charge is -2.31. The minimum atomic E-state index is -0.639. The Kier molecular flexibility index (Phi) is 2.85. The van der Waals surface area contributed by atoms with E-state index in [0.29, 0.717) is 25.7 Å². The predicted molar refractivity (Wildman–Crippen MR) is 73.1 cm³/mol. The minimum absolute atomic E-state index is 0.0926. The summed E-state index contributed by atoms with van der Waals surface area (Å²) in [5, 5.41) is 0. The molecule has 0 atom stereocenters. The number of hydrogen-bond acceptors (Lipinski definition) is 3. The summed E-state index contributed by atoms with van der Waals surface area (Å²) in [6.45, 7) is -0.106. The lowest BCUT2D eigenvalue weighted by Crippen LogP contribution is -2.45. The second-order valence-corrected chi connectivity index (χ2v) is 5.50. The van der Waals surface area contributed by atoms with Crippen LogP contribution in [0.5, 0.6) is 0 Å². The number of amides is 2. The van der Waals surface area contributed by atoms with Crippen molar-refractivity contribution in [3.05, 3.63) is 29.8 Å². The first-order valence-electron chi connectivity index (χ1n) is 6.76. The maximum atomic E-state index is 12.8. The van der Waals surface area contributed by atoms with Crippen molar-refractivity contribution < 1.29 is 14.4 Å². The molecule has 1 aromatic rings. The summed E-state index contributed by atoms with van der Waals surface area (Å²) in [7, 11) is 0. The van der Waals surface area contributed by atoms with Gasteiger partial charge in [0, 0.05) is 18.5 Å². The fourth-order valence-corrected chi connectivity index (χ4v) is 3.35. The first-order chi connectivity index (χ1) is 9.54. The molecule has 2 amide bonds. The van der Waals surface area contributed by atoms with Crippen LogP contribution in [0, 0.1) is 0 Å². The van der Waals surface area contributed by atoms with Gasteiger partial charge in [0.05, 0.1) is 5.41 Å². The van der Waals surface area contributed by atoms with E-state index in [1.165, 1.54) is 4.90 Å². The van der Waals surface area contributed by atoms with Crippen molar-refractivity contribution in [3.63, 3.8) is 0 Å². The van der Waals surface area contributed by atoms with E-state index in [1.54, 1.807) is 0 Å². The molecular formula is C15H16N2O3. The Morgan fingerprint density at radius 2 is 1.85 bits per heavy atom. The molecule has 1 spiro atoms. The van der Waals surface area contributed by atoms with Crippen LogP contribution in [-0.2, 0) is 19.8 Å². The van der Waals surface area contributed by atoms with Gasteiger partial charge < -0.3 is 10.6 Å². The quantitative estimate of drug-likeness (QED) is 0.868. The summed E-state index contributed by atoms with van der Waals surface area (Å²) in [4.78, 5) is 36.9. The van der Waals surface area contributed by atoms with Crippen molar-refractivity contribution in [1.82, 2.24) is 0 Å². The molecule has 0 bridgehead atoms. The average molecular weight is 272 g/mol. The molecule has 0 aromatic heterocycles. The van der Waals surface area contributed by atoms with Crippen molar-refractivity contribution in [2.45, 2.75) is 31.1 Å². The Morgan fingerprint density at radius 1 is 1.20 bits per heavy atom. The van der Waals surface area contributed by atoms with Crippen LogP contribution in [-0.4, -0.2) is 24.1 Å². The molecule has 104 valence electrons. The van der Waals surface area contributed by atoms with Crippen LogP contribution in [0.15, 0.2) is 24.3 Å². The van der Waals surface area contributed by atoms with E-state index < -0.39 is 11.3 Å². The monoisotopic (exact) mass is 272 g/mol. The number of carbonyl (C=O) groups is 3. The molecule has 0 radical (unpaired) electrons. The van der Waals surface area contributed by atoms with Crippen molar-refractivity contribution >= 4 is 23.3 Å². The van der Waals surface area contributed by atoms with E-state index >= 15 is 0 Å². The topological polar surface area (TPSA) is 80.5 Å². The van der Waals surface area contributed by atoms with E-state index in [9.17, 15) is 14.4 Å². The van der Waals surface area contributed by atoms with Crippen LogP contribution in [0.3, 0.4) is 0 Å². The second-order valence-electron chi connectivity index (χ2n) is 5.50. The molecule has 0 unspecified atom stereocenters. The van der Waals surface area contributed by atoms with E-state index in [1.807, 2.05) is 24.3 Å². The normalized spacial score (nSPS) is 20.3. The third-order valence-electron chi connectivity index (χ3n) is 4.34. The van der Waals surface area contributed by atoms with Gasteiger partial charge >= 0.3 is 0 Å². The number of nitrogens with zero attached hydrogens (tertiary/aromatic N) is 1. The van der Waals surface area contributed by atoms with Gasteiger partial charge in [0.2, 0.25) is 11.8 Å². The van der Waals surface area contributed by atoms with E-state index in [2.05, 4.69) is 0 Å². The number of fused-ring (bicyclic) bond motifs is 2. The van der Waals surface area contributed by atoms with Gasteiger partial charge in [-0.3, -0.25) is 14.4 Å². The average Bonchev–Trinajstić information content (AvgIpc) is 2.65. The van der Waals surface area contributed by atoms with Gasteiger partial charge in [-0.05, 0) is 24.5 Å². The van der Waals surface area contributed by atoms with Crippen LogP contribution in [0.25, 0.3) is 0 Å². The lowest BCUT2D eigenvalue weighted by atomic mass is 9.70. The summed E-state index contributed by atoms with van der Waals surface area (Å²) in [5.41, 5.74) is 6.29. The van der Waals surface area contributed by atoms with Crippen molar-refractivity contribution in [2.75, 3.05) is 11.4 Å². The molecule has 2 N–H and O–H groups in total. The number of primary amides is 1. The zero-order chi connectivity index (χ0) is 14.3. The summed E-state index contributed by atoms with van der Waals surface area (Å²) >= 11 is 0. The maximum Gasteiger partial charge on any atom is 0.238 e. The highest BCUT2D eigenvalue weighted by Crippen LogP contribution is 2.49. The Labute approximate surface area is 116 Å². The standard InChI is InChI=1S/C15H16N2O3/c16-13(19)9-17-12-4-2-1-3-11(12)15(14(17)20)7-5-10(18)6-8-15/h1-4H,5-9H2,(H2,16,19). The molecule has 1 aromatic carbocycles. The third kappa shape index (κ3) is 1.73. The number of para-hydroxylation sites is 1. The van der Waals surface area contributed by atoms with Crippen LogP contribution in [0.1, 0.15) is 31.2 Å². The largest absolute Gasteiger partial charge is 0.368 e. The number of rotatable bonds is 2. The number of ketones is 1. The number of nitrogens with two attached hydrogens (primary N) is 1. The third-order valence-corrected chi connectivity index (χ3v) is 4.34. The summed E-state index contributed by atoms with van der Waals surface area (Å²) in [6.07, 6.45) is 1.89. The first kappa shape index (κ1) is 12.8. The highest BCUT2D eigenvalue weighted by Gasteiger charge is 2.52. The minimum Gasteiger partial charge on any atom is -0.368 e. The fraction of sp³-hybridized carbons (Fsp3) is 0.400. The Bertz CT molecular complexity index is 599. The molecule has 5 heteroatoms. The van der Waals surface area contributed by atoms with Gasteiger partial charge in [0.15, 0.2) is 0 Å². The predicted octanol–water partition coefficient (Wildman–Crippen LogP) is 0.899. The number of Topliss-reactive ketones (excluding diaryl/α,β-unsaturated/α-hetero) is 1. The number of hydrogen-bond donors (Lipinski definition) is 1. The fourth-order valence-electron chi connectivity index (χ4n) is 3.35. The van der Waals surface area contributed by atoms with Crippen molar-refractivity contribution in [1.29, 1.82) is 0 Å². The van der Waals surface area contributed by atoms with E-state index in [4.69, 9.17) is 5.73 Å². The molecule has 0 saturated heterocycles. The highest BCUT2D eigenvalue weighted by atomic mass is 16.2. The molecule has 5 nitrogen and oxygen atoms in total. The van der Waals surface area contributed by atoms with Crippen LogP contribution in [0.4, 0.5) is 5.69 Å².